The fraction of sp³-hybridized carbons (Fsp3) is 0.727. The summed E-state index contributed by atoms with van der Waals surface area (Å²) in [4.78, 5) is 24.6. The van der Waals surface area contributed by atoms with E-state index in [1.807, 2.05) is 6.08 Å². The minimum absolute atomic E-state index is 0.0788. The Balaban J connectivity index is 1.53. The molecule has 134 valence electrons. The molecule has 3 heteroatoms. The molecule has 0 aromatic heterocycles. The highest BCUT2D eigenvalue weighted by Gasteiger charge is 2.68. The van der Waals surface area contributed by atoms with Crippen molar-refractivity contribution in [3.8, 4) is 0 Å². The molecule has 1 spiro atoms. The van der Waals surface area contributed by atoms with Crippen molar-refractivity contribution in [1.29, 1.82) is 0 Å². The van der Waals surface area contributed by atoms with Gasteiger partial charge in [-0.05, 0) is 68.3 Å². The van der Waals surface area contributed by atoms with Gasteiger partial charge >= 0.3 is 0 Å². The lowest BCUT2D eigenvalue weighted by Crippen LogP contribution is -2.55. The van der Waals surface area contributed by atoms with Gasteiger partial charge in [-0.1, -0.05) is 24.6 Å². The van der Waals surface area contributed by atoms with Crippen molar-refractivity contribution in [2.24, 2.45) is 29.1 Å². The molecule has 4 fully saturated rings. The summed E-state index contributed by atoms with van der Waals surface area (Å²) in [6, 6.07) is 0. The molecule has 4 aliphatic carbocycles. The van der Waals surface area contributed by atoms with Crippen LogP contribution in [0.4, 0.5) is 0 Å². The molecule has 0 N–H and O–H groups in total. The quantitative estimate of drug-likeness (QED) is 0.626. The molecule has 3 saturated carbocycles. The first-order chi connectivity index (χ1) is 12.0. The number of allylic oxidation sites excluding steroid dienone is 2. The molecule has 0 bridgehead atoms. The number of fused-ring (bicyclic) bond motifs is 6. The number of carbonyl (C=O) groups is 2. The maximum Gasteiger partial charge on any atom is 0.167 e. The van der Waals surface area contributed by atoms with Crippen LogP contribution in [0.1, 0.15) is 58.3 Å². The van der Waals surface area contributed by atoms with E-state index in [0.717, 1.165) is 38.5 Å². The number of hydrogen-bond acceptors (Lipinski definition) is 3. The van der Waals surface area contributed by atoms with E-state index < -0.39 is 5.60 Å². The van der Waals surface area contributed by atoms with E-state index in [0.29, 0.717) is 54.7 Å². The molecule has 1 heterocycles. The standard InChI is InChI=1S/C22H28O3/c1-13-12-21(2)18(7-9-22(21)19(24)8-10-25-22)17-5-3-14-11-15(23)4-6-16(14)20(13)17/h11,16-18,20H,1,3-10,12H2,2H3/t16-,17-,18-,20+,21-,22+/m0/s1. The zero-order valence-electron chi connectivity index (χ0n) is 15.2. The molecule has 0 aromatic rings. The average molecular weight is 340 g/mol. The fourth-order valence-electron chi connectivity index (χ4n) is 7.49. The van der Waals surface area contributed by atoms with Crippen LogP contribution < -0.4 is 0 Å². The Morgan fingerprint density at radius 3 is 2.76 bits per heavy atom. The molecule has 0 amide bonds. The monoisotopic (exact) mass is 340 g/mol. The highest BCUT2D eigenvalue weighted by Crippen LogP contribution is 2.67. The Morgan fingerprint density at radius 1 is 1.16 bits per heavy atom. The van der Waals surface area contributed by atoms with E-state index in [1.54, 1.807) is 0 Å². The molecular formula is C22H28O3. The molecule has 1 saturated heterocycles. The summed E-state index contributed by atoms with van der Waals surface area (Å²) in [6.07, 6.45) is 9.33. The highest BCUT2D eigenvalue weighted by molar-refractivity contribution is 5.91. The second-order valence-corrected chi connectivity index (χ2v) is 9.31. The Morgan fingerprint density at radius 2 is 2.00 bits per heavy atom. The second kappa shape index (κ2) is 5.16. The van der Waals surface area contributed by atoms with Crippen molar-refractivity contribution in [3.63, 3.8) is 0 Å². The van der Waals surface area contributed by atoms with Gasteiger partial charge in [-0.3, -0.25) is 9.59 Å². The van der Waals surface area contributed by atoms with Crippen LogP contribution in [0.15, 0.2) is 23.8 Å². The molecule has 3 nitrogen and oxygen atoms in total. The molecule has 1 aliphatic heterocycles. The molecule has 0 radical (unpaired) electrons. The summed E-state index contributed by atoms with van der Waals surface area (Å²) >= 11 is 0. The van der Waals surface area contributed by atoms with Gasteiger partial charge in [-0.15, -0.1) is 0 Å². The summed E-state index contributed by atoms with van der Waals surface area (Å²) in [5, 5.41) is 0. The number of hydrogen-bond donors (Lipinski definition) is 0. The zero-order chi connectivity index (χ0) is 17.4. The number of Topliss-reactive ketones (excluding diaryl/α,β-unsaturated/α-hetero) is 1. The van der Waals surface area contributed by atoms with Gasteiger partial charge in [0.1, 0.15) is 5.60 Å². The molecular weight excluding hydrogens is 312 g/mol. The fourth-order valence-corrected chi connectivity index (χ4v) is 7.49. The predicted molar refractivity (Wildman–Crippen MR) is 94.9 cm³/mol. The number of rotatable bonds is 0. The topological polar surface area (TPSA) is 43.4 Å². The van der Waals surface area contributed by atoms with Gasteiger partial charge < -0.3 is 4.74 Å². The van der Waals surface area contributed by atoms with Crippen LogP contribution in [-0.4, -0.2) is 23.8 Å². The summed E-state index contributed by atoms with van der Waals surface area (Å²) in [7, 11) is 0. The summed E-state index contributed by atoms with van der Waals surface area (Å²) in [6.45, 7) is 7.42. The van der Waals surface area contributed by atoms with Gasteiger partial charge in [-0.25, -0.2) is 0 Å². The lowest BCUT2D eigenvalue weighted by atomic mass is 9.49. The van der Waals surface area contributed by atoms with Crippen molar-refractivity contribution in [2.45, 2.75) is 63.9 Å². The summed E-state index contributed by atoms with van der Waals surface area (Å²) in [5.74, 6) is 2.84. The third-order valence-electron chi connectivity index (χ3n) is 8.44. The molecule has 25 heavy (non-hydrogen) atoms. The van der Waals surface area contributed by atoms with Crippen molar-refractivity contribution < 1.29 is 14.3 Å². The SMILES string of the molecule is C=C1C[C@@]2(C)[C@@H](CC[C@]23OCCC3=O)[C@@H]2CCC3=CC(=O)CC[C@@H]3[C@@H]12. The van der Waals surface area contributed by atoms with Crippen LogP contribution >= 0.6 is 0 Å². The van der Waals surface area contributed by atoms with Gasteiger partial charge in [0.2, 0.25) is 0 Å². The van der Waals surface area contributed by atoms with Gasteiger partial charge in [0.15, 0.2) is 11.6 Å². The first-order valence-electron chi connectivity index (χ1n) is 10.0. The number of ether oxygens (including phenoxy) is 1. The Labute approximate surface area is 149 Å². The van der Waals surface area contributed by atoms with Gasteiger partial charge in [0.25, 0.3) is 0 Å². The van der Waals surface area contributed by atoms with Crippen LogP contribution in [0.5, 0.6) is 0 Å². The molecule has 6 atom stereocenters. The Hall–Kier alpha value is -1.22. The van der Waals surface area contributed by atoms with E-state index in [-0.39, 0.29) is 5.41 Å². The van der Waals surface area contributed by atoms with Crippen molar-refractivity contribution >= 4 is 11.6 Å². The molecule has 0 unspecified atom stereocenters. The number of ketones is 2. The van der Waals surface area contributed by atoms with Crippen molar-refractivity contribution in [2.75, 3.05) is 6.61 Å². The highest BCUT2D eigenvalue weighted by atomic mass is 16.5. The van der Waals surface area contributed by atoms with Crippen molar-refractivity contribution in [1.82, 2.24) is 0 Å². The summed E-state index contributed by atoms with van der Waals surface area (Å²) < 4.78 is 6.19. The van der Waals surface area contributed by atoms with E-state index in [1.165, 1.54) is 11.1 Å². The third-order valence-corrected chi connectivity index (χ3v) is 8.44. The zero-order valence-corrected chi connectivity index (χ0v) is 15.2. The Bertz CT molecular complexity index is 704. The minimum Gasteiger partial charge on any atom is -0.366 e. The molecule has 5 rings (SSSR count). The molecule has 5 aliphatic rings. The van der Waals surface area contributed by atoms with E-state index in [4.69, 9.17) is 4.74 Å². The maximum absolute atomic E-state index is 12.8. The lowest BCUT2D eigenvalue weighted by Gasteiger charge is -2.56. The van der Waals surface area contributed by atoms with Crippen molar-refractivity contribution in [3.05, 3.63) is 23.8 Å². The van der Waals surface area contributed by atoms with Gasteiger partial charge in [-0.2, -0.15) is 0 Å². The van der Waals surface area contributed by atoms with Gasteiger partial charge in [0, 0.05) is 18.3 Å². The Kier molecular flexibility index (Phi) is 3.30. The van der Waals surface area contributed by atoms with Crippen LogP contribution in [-0.2, 0) is 14.3 Å². The number of carbonyl (C=O) groups excluding carboxylic acids is 2. The van der Waals surface area contributed by atoms with E-state index >= 15 is 0 Å². The van der Waals surface area contributed by atoms with Crippen LogP contribution in [0.3, 0.4) is 0 Å². The molecule has 0 aromatic carbocycles. The smallest absolute Gasteiger partial charge is 0.167 e. The first-order valence-corrected chi connectivity index (χ1v) is 10.0. The largest absolute Gasteiger partial charge is 0.366 e. The minimum atomic E-state index is -0.537. The second-order valence-electron chi connectivity index (χ2n) is 9.31. The van der Waals surface area contributed by atoms with E-state index in [2.05, 4.69) is 13.5 Å². The van der Waals surface area contributed by atoms with Crippen LogP contribution in [0.2, 0.25) is 0 Å². The van der Waals surface area contributed by atoms with E-state index in [9.17, 15) is 9.59 Å². The summed E-state index contributed by atoms with van der Waals surface area (Å²) in [5.41, 5.74) is 2.08. The lowest BCUT2D eigenvalue weighted by molar-refractivity contribution is -0.151. The maximum atomic E-state index is 12.8. The average Bonchev–Trinajstić information content (AvgIpc) is 3.09. The normalized spacial score (nSPS) is 49.0. The first kappa shape index (κ1) is 16.0. The van der Waals surface area contributed by atoms with Crippen LogP contribution in [0, 0.1) is 29.1 Å². The predicted octanol–water partition coefficient (Wildman–Crippen LogP) is 4.02. The third kappa shape index (κ3) is 1.91. The van der Waals surface area contributed by atoms with Gasteiger partial charge in [0.05, 0.1) is 6.61 Å². The van der Waals surface area contributed by atoms with Crippen LogP contribution in [0.25, 0.3) is 0 Å².